The molecule has 2 aromatic rings. The van der Waals surface area contributed by atoms with Crippen LogP contribution in [0.3, 0.4) is 0 Å². The van der Waals surface area contributed by atoms with Gasteiger partial charge in [0.15, 0.2) is 6.29 Å². The normalized spacial score (nSPS) is 11.2. The van der Waals surface area contributed by atoms with Crippen LogP contribution < -0.4 is 0 Å². The van der Waals surface area contributed by atoms with Crippen molar-refractivity contribution >= 4 is 6.29 Å². The van der Waals surface area contributed by atoms with Crippen molar-refractivity contribution in [2.75, 3.05) is 0 Å². The summed E-state index contributed by atoms with van der Waals surface area (Å²) in [6.45, 7) is 8.60. The third-order valence-electron chi connectivity index (χ3n) is 3.80. The summed E-state index contributed by atoms with van der Waals surface area (Å²) >= 11 is 0. The second-order valence-electron chi connectivity index (χ2n) is 6.01. The van der Waals surface area contributed by atoms with Crippen molar-refractivity contribution in [3.05, 3.63) is 58.9 Å². The van der Waals surface area contributed by atoms with Crippen molar-refractivity contribution in [3.8, 4) is 11.1 Å². The molecule has 0 heterocycles. The van der Waals surface area contributed by atoms with E-state index in [1.807, 2.05) is 6.07 Å². The number of benzene rings is 2. The SMILES string of the molecule is CC(C)c1ccc(-c2ccc(C=O)c(F)c2)c(C(C)C)c1. The van der Waals surface area contributed by atoms with Crippen LogP contribution in [0.2, 0.25) is 0 Å². The summed E-state index contributed by atoms with van der Waals surface area (Å²) < 4.78 is 13.8. The molecule has 21 heavy (non-hydrogen) atoms. The number of carbonyl (C=O) groups excluding carboxylic acids is 1. The van der Waals surface area contributed by atoms with Crippen molar-refractivity contribution in [2.24, 2.45) is 0 Å². The van der Waals surface area contributed by atoms with Crippen LogP contribution in [0, 0.1) is 5.82 Å². The predicted octanol–water partition coefficient (Wildman–Crippen LogP) is 5.55. The van der Waals surface area contributed by atoms with E-state index in [-0.39, 0.29) is 5.56 Å². The van der Waals surface area contributed by atoms with Gasteiger partial charge in [0.1, 0.15) is 5.82 Å². The van der Waals surface area contributed by atoms with Crippen LogP contribution in [-0.2, 0) is 0 Å². The molecular formula is C19H21FO. The molecule has 0 saturated carbocycles. The predicted molar refractivity (Wildman–Crippen MR) is 85.4 cm³/mol. The Hall–Kier alpha value is -1.96. The lowest BCUT2D eigenvalue weighted by Gasteiger charge is -2.17. The monoisotopic (exact) mass is 284 g/mol. The highest BCUT2D eigenvalue weighted by atomic mass is 19.1. The Bertz CT molecular complexity index is 657. The summed E-state index contributed by atoms with van der Waals surface area (Å²) in [5.74, 6) is 0.350. The van der Waals surface area contributed by atoms with Crippen LogP contribution in [0.5, 0.6) is 0 Å². The van der Waals surface area contributed by atoms with Gasteiger partial charge in [0.25, 0.3) is 0 Å². The summed E-state index contributed by atoms with van der Waals surface area (Å²) in [5.41, 5.74) is 4.44. The number of hydrogen-bond donors (Lipinski definition) is 0. The minimum absolute atomic E-state index is 0.101. The zero-order valence-electron chi connectivity index (χ0n) is 13.0. The molecule has 0 saturated heterocycles. The van der Waals surface area contributed by atoms with E-state index < -0.39 is 5.82 Å². The standard InChI is InChI=1S/C19H21FO/c1-12(2)14-7-8-17(18(9-14)13(3)4)15-5-6-16(11-21)19(20)10-15/h5-13H,1-4H3. The Morgan fingerprint density at radius 3 is 2.19 bits per heavy atom. The first kappa shape index (κ1) is 15.4. The van der Waals surface area contributed by atoms with Gasteiger partial charge in [0.05, 0.1) is 5.56 Å². The van der Waals surface area contributed by atoms with E-state index in [1.165, 1.54) is 23.3 Å². The highest BCUT2D eigenvalue weighted by Crippen LogP contribution is 2.32. The number of rotatable bonds is 4. The van der Waals surface area contributed by atoms with Crippen molar-refractivity contribution in [1.29, 1.82) is 0 Å². The smallest absolute Gasteiger partial charge is 0.152 e. The van der Waals surface area contributed by atoms with Crippen LogP contribution >= 0.6 is 0 Å². The van der Waals surface area contributed by atoms with Gasteiger partial charge in [-0.2, -0.15) is 0 Å². The van der Waals surface area contributed by atoms with E-state index in [2.05, 4.69) is 45.9 Å². The molecule has 0 N–H and O–H groups in total. The lowest BCUT2D eigenvalue weighted by atomic mass is 9.88. The molecule has 0 radical (unpaired) electrons. The van der Waals surface area contributed by atoms with E-state index in [0.29, 0.717) is 18.1 Å². The molecule has 0 atom stereocenters. The van der Waals surface area contributed by atoms with Crippen molar-refractivity contribution < 1.29 is 9.18 Å². The average molecular weight is 284 g/mol. The number of hydrogen-bond acceptors (Lipinski definition) is 1. The van der Waals surface area contributed by atoms with Crippen molar-refractivity contribution in [3.63, 3.8) is 0 Å². The van der Waals surface area contributed by atoms with E-state index in [9.17, 15) is 9.18 Å². The Balaban J connectivity index is 2.57. The number of halogens is 1. The fourth-order valence-corrected chi connectivity index (χ4v) is 2.47. The van der Waals surface area contributed by atoms with Gasteiger partial charge in [-0.05, 0) is 46.2 Å². The van der Waals surface area contributed by atoms with Crippen molar-refractivity contribution in [2.45, 2.75) is 39.5 Å². The molecule has 2 heteroatoms. The Labute approximate surface area is 125 Å². The maximum Gasteiger partial charge on any atom is 0.152 e. The fraction of sp³-hybridized carbons (Fsp3) is 0.316. The third kappa shape index (κ3) is 3.21. The molecule has 0 amide bonds. The van der Waals surface area contributed by atoms with E-state index in [1.54, 1.807) is 0 Å². The average Bonchev–Trinajstić information content (AvgIpc) is 2.46. The van der Waals surface area contributed by atoms with Gasteiger partial charge in [0, 0.05) is 0 Å². The van der Waals surface area contributed by atoms with Crippen LogP contribution in [0.1, 0.15) is 61.0 Å². The van der Waals surface area contributed by atoms with Crippen LogP contribution in [0.25, 0.3) is 11.1 Å². The molecule has 1 nitrogen and oxygen atoms in total. The number of carbonyl (C=O) groups is 1. The van der Waals surface area contributed by atoms with E-state index in [4.69, 9.17) is 0 Å². The molecule has 110 valence electrons. The third-order valence-corrected chi connectivity index (χ3v) is 3.80. The molecule has 0 aliphatic carbocycles. The summed E-state index contributed by atoms with van der Waals surface area (Å²) in [7, 11) is 0. The van der Waals surface area contributed by atoms with Crippen molar-refractivity contribution in [1.82, 2.24) is 0 Å². The summed E-state index contributed by atoms with van der Waals surface area (Å²) in [6.07, 6.45) is 0.546. The topological polar surface area (TPSA) is 17.1 Å². The lowest BCUT2D eigenvalue weighted by Crippen LogP contribution is -1.97. The maximum absolute atomic E-state index is 13.8. The first-order valence-corrected chi connectivity index (χ1v) is 7.33. The van der Waals surface area contributed by atoms with Gasteiger partial charge < -0.3 is 0 Å². The van der Waals surface area contributed by atoms with Gasteiger partial charge in [-0.1, -0.05) is 52.0 Å². The van der Waals surface area contributed by atoms with Gasteiger partial charge >= 0.3 is 0 Å². The molecule has 0 fully saturated rings. The van der Waals surface area contributed by atoms with Gasteiger partial charge in [-0.3, -0.25) is 4.79 Å². The molecule has 0 aromatic heterocycles. The Kier molecular flexibility index (Phi) is 4.56. The highest BCUT2D eigenvalue weighted by Gasteiger charge is 2.12. The minimum Gasteiger partial charge on any atom is -0.298 e. The maximum atomic E-state index is 13.8. The second-order valence-corrected chi connectivity index (χ2v) is 6.01. The largest absolute Gasteiger partial charge is 0.298 e. The van der Waals surface area contributed by atoms with Gasteiger partial charge in [-0.25, -0.2) is 4.39 Å². The van der Waals surface area contributed by atoms with Crippen LogP contribution in [0.4, 0.5) is 4.39 Å². The van der Waals surface area contributed by atoms with Gasteiger partial charge in [-0.15, -0.1) is 0 Å². The van der Waals surface area contributed by atoms with E-state index in [0.717, 1.165) is 11.1 Å². The Morgan fingerprint density at radius 1 is 0.952 bits per heavy atom. The van der Waals surface area contributed by atoms with E-state index >= 15 is 0 Å². The zero-order valence-corrected chi connectivity index (χ0v) is 13.0. The molecule has 0 aliphatic heterocycles. The lowest BCUT2D eigenvalue weighted by molar-refractivity contribution is 0.112. The molecule has 2 aromatic carbocycles. The summed E-state index contributed by atoms with van der Waals surface area (Å²) in [5, 5.41) is 0. The van der Waals surface area contributed by atoms with Crippen LogP contribution in [0.15, 0.2) is 36.4 Å². The molecule has 2 rings (SSSR count). The molecule has 0 bridgehead atoms. The molecule has 0 aliphatic rings. The molecule has 0 unspecified atom stereocenters. The molecule has 0 spiro atoms. The fourth-order valence-electron chi connectivity index (χ4n) is 2.47. The number of aldehydes is 1. The zero-order chi connectivity index (χ0) is 15.6. The van der Waals surface area contributed by atoms with Crippen LogP contribution in [-0.4, -0.2) is 6.29 Å². The summed E-state index contributed by atoms with van der Waals surface area (Å²) in [4.78, 5) is 10.7. The molecular weight excluding hydrogens is 263 g/mol. The quantitative estimate of drug-likeness (QED) is 0.672. The summed E-state index contributed by atoms with van der Waals surface area (Å²) in [6, 6.07) is 11.1. The minimum atomic E-state index is -0.467. The highest BCUT2D eigenvalue weighted by molar-refractivity contribution is 5.78. The Morgan fingerprint density at radius 2 is 1.67 bits per heavy atom. The second kappa shape index (κ2) is 6.21. The first-order valence-electron chi connectivity index (χ1n) is 7.33. The first-order chi connectivity index (χ1) is 9.93. The van der Waals surface area contributed by atoms with Gasteiger partial charge in [0.2, 0.25) is 0 Å².